The first-order valence-electron chi connectivity index (χ1n) is 5.60. The van der Waals surface area contributed by atoms with Crippen molar-refractivity contribution < 1.29 is 4.52 Å². The van der Waals surface area contributed by atoms with Crippen LogP contribution in [0.3, 0.4) is 0 Å². The van der Waals surface area contributed by atoms with Crippen LogP contribution in [0.4, 0.5) is 0 Å². The molecule has 18 heavy (non-hydrogen) atoms. The Kier molecular flexibility index (Phi) is 2.70. The molecule has 0 fully saturated rings. The topological polar surface area (TPSA) is 90.7 Å². The summed E-state index contributed by atoms with van der Waals surface area (Å²) in [5, 5.41) is 3.86. The molecule has 1 aromatic carbocycles. The van der Waals surface area contributed by atoms with Crippen molar-refractivity contribution in [2.24, 2.45) is 5.73 Å². The molecule has 0 radical (unpaired) electrons. The average molecular weight is 241 g/mol. The number of rotatable bonds is 3. The van der Waals surface area contributed by atoms with Crippen LogP contribution in [0.25, 0.3) is 22.5 Å². The summed E-state index contributed by atoms with van der Waals surface area (Å²) in [5.74, 6) is 1.10. The summed E-state index contributed by atoms with van der Waals surface area (Å²) in [5.41, 5.74) is 7.91. The highest BCUT2D eigenvalue weighted by atomic mass is 16.5. The summed E-state index contributed by atoms with van der Waals surface area (Å²) >= 11 is 0. The lowest BCUT2D eigenvalue weighted by atomic mass is 10.2. The molecule has 6 nitrogen and oxygen atoms in total. The lowest BCUT2D eigenvalue weighted by molar-refractivity contribution is 0.422. The molecule has 0 atom stereocenters. The maximum Gasteiger partial charge on any atom is 0.257 e. The van der Waals surface area contributed by atoms with E-state index in [1.54, 1.807) is 12.4 Å². The number of hydrogen-bond acceptors (Lipinski definition) is 6. The van der Waals surface area contributed by atoms with Gasteiger partial charge in [-0.3, -0.25) is 9.97 Å². The van der Waals surface area contributed by atoms with Gasteiger partial charge in [0.25, 0.3) is 5.89 Å². The minimum absolute atomic E-state index is 0.478. The Morgan fingerprint density at radius 3 is 2.78 bits per heavy atom. The van der Waals surface area contributed by atoms with E-state index in [4.69, 9.17) is 10.3 Å². The average Bonchev–Trinajstić information content (AvgIpc) is 2.87. The van der Waals surface area contributed by atoms with Gasteiger partial charge in [0.2, 0.25) is 0 Å². The molecule has 0 unspecified atom stereocenters. The van der Waals surface area contributed by atoms with E-state index in [9.17, 15) is 0 Å². The summed E-state index contributed by atoms with van der Waals surface area (Å²) < 4.78 is 5.19. The monoisotopic (exact) mass is 241 g/mol. The predicted molar refractivity (Wildman–Crippen MR) is 65.6 cm³/mol. The molecule has 0 bridgehead atoms. The van der Waals surface area contributed by atoms with Gasteiger partial charge in [-0.1, -0.05) is 5.16 Å². The van der Waals surface area contributed by atoms with Crippen LogP contribution >= 0.6 is 0 Å². The standard InChI is InChI=1S/C12H11N5O/c13-4-3-11-16-12(18-17-11)8-1-2-9-10(7-8)15-6-5-14-9/h1-2,5-7H,3-4,13H2. The Hall–Kier alpha value is -2.34. The van der Waals surface area contributed by atoms with E-state index < -0.39 is 0 Å². The van der Waals surface area contributed by atoms with Gasteiger partial charge in [-0.2, -0.15) is 4.98 Å². The van der Waals surface area contributed by atoms with E-state index in [1.165, 1.54) is 0 Å². The summed E-state index contributed by atoms with van der Waals surface area (Å²) in [4.78, 5) is 12.7. The number of aromatic nitrogens is 4. The minimum Gasteiger partial charge on any atom is -0.334 e. The third-order valence-electron chi connectivity index (χ3n) is 2.55. The zero-order chi connectivity index (χ0) is 12.4. The molecule has 0 aliphatic carbocycles. The van der Waals surface area contributed by atoms with Crippen LogP contribution in [0.2, 0.25) is 0 Å². The lowest BCUT2D eigenvalue weighted by Crippen LogP contribution is -2.03. The van der Waals surface area contributed by atoms with Gasteiger partial charge in [0.15, 0.2) is 5.82 Å². The number of hydrogen-bond donors (Lipinski definition) is 1. The fraction of sp³-hybridized carbons (Fsp3) is 0.167. The molecule has 2 N–H and O–H groups in total. The SMILES string of the molecule is NCCc1noc(-c2ccc3nccnc3c2)n1. The Morgan fingerprint density at radius 1 is 1.11 bits per heavy atom. The molecule has 2 aromatic heterocycles. The van der Waals surface area contributed by atoms with Crippen LogP contribution in [-0.2, 0) is 6.42 Å². The van der Waals surface area contributed by atoms with Crippen molar-refractivity contribution in [3.63, 3.8) is 0 Å². The van der Waals surface area contributed by atoms with E-state index in [0.717, 1.165) is 16.6 Å². The van der Waals surface area contributed by atoms with Gasteiger partial charge in [-0.15, -0.1) is 0 Å². The molecule has 0 amide bonds. The van der Waals surface area contributed by atoms with Gasteiger partial charge in [0, 0.05) is 24.4 Å². The van der Waals surface area contributed by atoms with Crippen LogP contribution < -0.4 is 5.73 Å². The first-order valence-corrected chi connectivity index (χ1v) is 5.60. The Balaban J connectivity index is 2.02. The zero-order valence-electron chi connectivity index (χ0n) is 9.58. The van der Waals surface area contributed by atoms with Crippen LogP contribution in [0.5, 0.6) is 0 Å². The van der Waals surface area contributed by atoms with Crippen LogP contribution in [0.15, 0.2) is 35.1 Å². The summed E-state index contributed by atoms with van der Waals surface area (Å²) in [7, 11) is 0. The molecule has 0 saturated carbocycles. The van der Waals surface area contributed by atoms with Crippen LogP contribution in [-0.4, -0.2) is 26.7 Å². The maximum absolute atomic E-state index is 5.44. The molecular formula is C12H11N5O. The smallest absolute Gasteiger partial charge is 0.257 e. The van der Waals surface area contributed by atoms with Gasteiger partial charge in [0.1, 0.15) is 0 Å². The van der Waals surface area contributed by atoms with Gasteiger partial charge < -0.3 is 10.3 Å². The van der Waals surface area contributed by atoms with Gasteiger partial charge >= 0.3 is 0 Å². The van der Waals surface area contributed by atoms with E-state index in [0.29, 0.717) is 24.7 Å². The van der Waals surface area contributed by atoms with Crippen molar-refractivity contribution in [1.29, 1.82) is 0 Å². The van der Waals surface area contributed by atoms with E-state index in [2.05, 4.69) is 20.1 Å². The lowest BCUT2D eigenvalue weighted by Gasteiger charge is -1.97. The van der Waals surface area contributed by atoms with Crippen molar-refractivity contribution >= 4 is 11.0 Å². The van der Waals surface area contributed by atoms with Crippen molar-refractivity contribution in [1.82, 2.24) is 20.1 Å². The van der Waals surface area contributed by atoms with Gasteiger partial charge in [-0.05, 0) is 24.7 Å². The summed E-state index contributed by atoms with van der Waals surface area (Å²) in [6.07, 6.45) is 3.92. The highest BCUT2D eigenvalue weighted by molar-refractivity contribution is 5.79. The first-order chi connectivity index (χ1) is 8.86. The fourth-order valence-corrected chi connectivity index (χ4v) is 1.70. The number of benzene rings is 1. The van der Waals surface area contributed by atoms with E-state index >= 15 is 0 Å². The molecule has 0 saturated heterocycles. The van der Waals surface area contributed by atoms with Crippen molar-refractivity contribution in [2.45, 2.75) is 6.42 Å². The Labute approximate surface area is 103 Å². The number of nitrogens with zero attached hydrogens (tertiary/aromatic N) is 4. The van der Waals surface area contributed by atoms with Crippen molar-refractivity contribution in [3.05, 3.63) is 36.4 Å². The fourth-order valence-electron chi connectivity index (χ4n) is 1.70. The normalized spacial score (nSPS) is 10.9. The van der Waals surface area contributed by atoms with Crippen molar-refractivity contribution in [2.75, 3.05) is 6.54 Å². The zero-order valence-corrected chi connectivity index (χ0v) is 9.58. The molecule has 3 rings (SSSR count). The summed E-state index contributed by atoms with van der Waals surface area (Å²) in [6, 6.07) is 5.64. The molecule has 3 aromatic rings. The minimum atomic E-state index is 0.478. The molecular weight excluding hydrogens is 230 g/mol. The predicted octanol–water partition coefficient (Wildman–Crippen LogP) is 1.18. The molecule has 2 heterocycles. The summed E-state index contributed by atoms with van der Waals surface area (Å²) in [6.45, 7) is 0.502. The maximum atomic E-state index is 5.44. The molecule has 0 spiro atoms. The van der Waals surface area contributed by atoms with Crippen LogP contribution in [0, 0.1) is 0 Å². The largest absolute Gasteiger partial charge is 0.334 e. The van der Waals surface area contributed by atoms with Crippen LogP contribution in [0.1, 0.15) is 5.82 Å². The number of nitrogens with two attached hydrogens (primary N) is 1. The second kappa shape index (κ2) is 4.50. The highest BCUT2D eigenvalue weighted by Crippen LogP contribution is 2.20. The molecule has 0 aliphatic heterocycles. The first kappa shape index (κ1) is 10.8. The van der Waals surface area contributed by atoms with E-state index in [1.807, 2.05) is 18.2 Å². The third-order valence-corrected chi connectivity index (χ3v) is 2.55. The molecule has 0 aliphatic rings. The van der Waals surface area contributed by atoms with Crippen molar-refractivity contribution in [3.8, 4) is 11.5 Å². The quantitative estimate of drug-likeness (QED) is 0.740. The molecule has 6 heteroatoms. The number of fused-ring (bicyclic) bond motifs is 1. The Morgan fingerprint density at radius 2 is 1.94 bits per heavy atom. The van der Waals surface area contributed by atoms with E-state index in [-0.39, 0.29) is 0 Å². The second-order valence-corrected chi connectivity index (χ2v) is 3.81. The second-order valence-electron chi connectivity index (χ2n) is 3.81. The highest BCUT2D eigenvalue weighted by Gasteiger charge is 2.09. The van der Waals surface area contributed by atoms with Gasteiger partial charge in [-0.25, -0.2) is 0 Å². The third kappa shape index (κ3) is 1.93. The molecule has 90 valence electrons. The Bertz CT molecular complexity index is 679. The van der Waals surface area contributed by atoms with Gasteiger partial charge in [0.05, 0.1) is 11.0 Å².